The highest BCUT2D eigenvalue weighted by atomic mass is 16.2. The number of carbonyl (C=O) groups is 1. The minimum atomic E-state index is -0.0600. The second-order valence-electron chi connectivity index (χ2n) is 4.43. The minimum Gasteiger partial charge on any atom is -0.348 e. The molecule has 1 saturated heterocycles. The van der Waals surface area contributed by atoms with Gasteiger partial charge in [0.1, 0.15) is 5.69 Å². The molecular formula is C11H18N4O. The van der Waals surface area contributed by atoms with Gasteiger partial charge in [0.05, 0.1) is 0 Å². The first-order chi connectivity index (χ1) is 7.65. The van der Waals surface area contributed by atoms with Gasteiger partial charge in [0.15, 0.2) is 0 Å². The quantitative estimate of drug-likeness (QED) is 0.780. The van der Waals surface area contributed by atoms with Crippen LogP contribution in [0.1, 0.15) is 23.3 Å². The molecule has 88 valence electrons. The number of carbonyl (C=O) groups excluding carboxylic acids is 1. The maximum absolute atomic E-state index is 11.8. The van der Waals surface area contributed by atoms with Crippen LogP contribution in [0.4, 0.5) is 0 Å². The van der Waals surface area contributed by atoms with Crippen molar-refractivity contribution < 1.29 is 4.79 Å². The highest BCUT2D eigenvalue weighted by Gasteiger charge is 2.19. The third-order valence-corrected chi connectivity index (χ3v) is 3.00. The Hall–Kier alpha value is -1.36. The van der Waals surface area contributed by atoms with E-state index in [2.05, 4.69) is 22.4 Å². The molecule has 1 amide bonds. The van der Waals surface area contributed by atoms with Gasteiger partial charge < -0.3 is 10.2 Å². The van der Waals surface area contributed by atoms with Crippen LogP contribution in [0.15, 0.2) is 12.3 Å². The molecule has 2 heterocycles. The van der Waals surface area contributed by atoms with Crippen molar-refractivity contribution in [1.29, 1.82) is 0 Å². The van der Waals surface area contributed by atoms with E-state index in [1.807, 2.05) is 7.05 Å². The molecule has 0 saturated carbocycles. The lowest BCUT2D eigenvalue weighted by Crippen LogP contribution is -2.43. The van der Waals surface area contributed by atoms with E-state index >= 15 is 0 Å². The van der Waals surface area contributed by atoms with Gasteiger partial charge >= 0.3 is 0 Å². The molecule has 0 radical (unpaired) electrons. The van der Waals surface area contributed by atoms with Crippen LogP contribution in [0, 0.1) is 0 Å². The Labute approximate surface area is 95.4 Å². The molecule has 0 aliphatic carbocycles. The molecule has 1 aliphatic rings. The lowest BCUT2D eigenvalue weighted by Gasteiger charge is -2.29. The second-order valence-corrected chi connectivity index (χ2v) is 4.43. The Bertz CT molecular complexity index is 366. The minimum absolute atomic E-state index is 0.0600. The highest BCUT2D eigenvalue weighted by Crippen LogP contribution is 2.08. The van der Waals surface area contributed by atoms with Crippen molar-refractivity contribution in [3.05, 3.63) is 18.0 Å². The van der Waals surface area contributed by atoms with Crippen molar-refractivity contribution in [1.82, 2.24) is 20.0 Å². The molecule has 0 aromatic carbocycles. The fourth-order valence-electron chi connectivity index (χ4n) is 1.95. The summed E-state index contributed by atoms with van der Waals surface area (Å²) in [6, 6.07) is 2.04. The highest BCUT2D eigenvalue weighted by molar-refractivity contribution is 5.92. The Morgan fingerprint density at radius 3 is 2.69 bits per heavy atom. The number of rotatable bonds is 2. The van der Waals surface area contributed by atoms with Crippen LogP contribution in [0.3, 0.4) is 0 Å². The molecule has 0 atom stereocenters. The molecule has 0 unspecified atom stereocenters. The summed E-state index contributed by atoms with van der Waals surface area (Å²) in [6.45, 7) is 2.10. The number of likely N-dealkylation sites (tertiary alicyclic amines) is 1. The summed E-state index contributed by atoms with van der Waals surface area (Å²) >= 11 is 0. The number of aryl methyl sites for hydroxylation is 1. The van der Waals surface area contributed by atoms with Crippen LogP contribution >= 0.6 is 0 Å². The smallest absolute Gasteiger partial charge is 0.271 e. The van der Waals surface area contributed by atoms with Crippen LogP contribution in [0.25, 0.3) is 0 Å². The molecular weight excluding hydrogens is 204 g/mol. The van der Waals surface area contributed by atoms with E-state index in [4.69, 9.17) is 0 Å². The van der Waals surface area contributed by atoms with Crippen molar-refractivity contribution in [2.24, 2.45) is 7.05 Å². The van der Waals surface area contributed by atoms with Crippen molar-refractivity contribution in [2.75, 3.05) is 20.1 Å². The lowest BCUT2D eigenvalue weighted by molar-refractivity contribution is 0.0911. The molecule has 1 aromatic rings. The molecule has 16 heavy (non-hydrogen) atoms. The third kappa shape index (κ3) is 2.61. The number of hydrogen-bond donors (Lipinski definition) is 1. The molecule has 0 bridgehead atoms. The number of nitrogens with zero attached hydrogens (tertiary/aromatic N) is 3. The van der Waals surface area contributed by atoms with Gasteiger partial charge in [-0.3, -0.25) is 9.48 Å². The summed E-state index contributed by atoms with van der Waals surface area (Å²) in [5.74, 6) is -0.0600. The van der Waals surface area contributed by atoms with Crippen molar-refractivity contribution in [3.63, 3.8) is 0 Å². The standard InChI is InChI=1S/C11H18N4O/c1-14-6-3-9(4-7-14)12-11(16)10-5-8-15(2)13-10/h5,8-9H,3-4,6-7H2,1-2H3,(H,12,16). The summed E-state index contributed by atoms with van der Waals surface area (Å²) in [7, 11) is 3.92. The van der Waals surface area contributed by atoms with E-state index in [9.17, 15) is 4.79 Å². The fraction of sp³-hybridized carbons (Fsp3) is 0.636. The van der Waals surface area contributed by atoms with E-state index < -0.39 is 0 Å². The fourth-order valence-corrected chi connectivity index (χ4v) is 1.95. The van der Waals surface area contributed by atoms with E-state index in [1.54, 1.807) is 16.9 Å². The predicted octanol–water partition coefficient (Wildman–Crippen LogP) is 0.244. The van der Waals surface area contributed by atoms with Crippen molar-refractivity contribution in [2.45, 2.75) is 18.9 Å². The van der Waals surface area contributed by atoms with Crippen LogP contribution in [0.5, 0.6) is 0 Å². The Balaban J connectivity index is 1.88. The number of nitrogens with one attached hydrogen (secondary N) is 1. The van der Waals surface area contributed by atoms with Gasteiger partial charge in [-0.2, -0.15) is 5.10 Å². The third-order valence-electron chi connectivity index (χ3n) is 3.00. The van der Waals surface area contributed by atoms with E-state index in [-0.39, 0.29) is 5.91 Å². The zero-order valence-electron chi connectivity index (χ0n) is 9.81. The summed E-state index contributed by atoms with van der Waals surface area (Å²) < 4.78 is 1.64. The molecule has 0 spiro atoms. The number of hydrogen-bond acceptors (Lipinski definition) is 3. The van der Waals surface area contributed by atoms with E-state index in [0.29, 0.717) is 11.7 Å². The molecule has 1 N–H and O–H groups in total. The molecule has 2 rings (SSSR count). The first-order valence-electron chi connectivity index (χ1n) is 5.64. The second kappa shape index (κ2) is 4.65. The van der Waals surface area contributed by atoms with Gasteiger partial charge in [-0.05, 0) is 39.0 Å². The van der Waals surface area contributed by atoms with Gasteiger partial charge in [0.2, 0.25) is 0 Å². The van der Waals surface area contributed by atoms with Crippen molar-refractivity contribution >= 4 is 5.91 Å². The average Bonchev–Trinajstić information content (AvgIpc) is 2.68. The SMILES string of the molecule is CN1CCC(NC(=O)c2ccn(C)n2)CC1. The molecule has 1 aromatic heterocycles. The van der Waals surface area contributed by atoms with E-state index in [0.717, 1.165) is 25.9 Å². The first kappa shape index (κ1) is 11.1. The van der Waals surface area contributed by atoms with Gasteiger partial charge in [-0.1, -0.05) is 0 Å². The summed E-state index contributed by atoms with van der Waals surface area (Å²) in [5.41, 5.74) is 0.501. The average molecular weight is 222 g/mol. The summed E-state index contributed by atoms with van der Waals surface area (Å²) in [6.07, 6.45) is 3.83. The topological polar surface area (TPSA) is 50.2 Å². The van der Waals surface area contributed by atoms with Crippen LogP contribution < -0.4 is 5.32 Å². The zero-order chi connectivity index (χ0) is 11.5. The molecule has 5 nitrogen and oxygen atoms in total. The Kier molecular flexibility index (Phi) is 3.24. The summed E-state index contributed by atoms with van der Waals surface area (Å²) in [5, 5.41) is 7.11. The van der Waals surface area contributed by atoms with Gasteiger partial charge in [0, 0.05) is 19.3 Å². The molecule has 5 heteroatoms. The summed E-state index contributed by atoms with van der Waals surface area (Å²) in [4.78, 5) is 14.1. The number of piperidine rings is 1. The first-order valence-corrected chi connectivity index (χ1v) is 5.64. The maximum Gasteiger partial charge on any atom is 0.271 e. The monoisotopic (exact) mass is 222 g/mol. The maximum atomic E-state index is 11.8. The largest absolute Gasteiger partial charge is 0.348 e. The Morgan fingerprint density at radius 1 is 1.44 bits per heavy atom. The molecule has 1 aliphatic heterocycles. The lowest BCUT2D eigenvalue weighted by atomic mass is 10.1. The van der Waals surface area contributed by atoms with Gasteiger partial charge in [-0.25, -0.2) is 0 Å². The van der Waals surface area contributed by atoms with Crippen LogP contribution in [0.2, 0.25) is 0 Å². The zero-order valence-corrected chi connectivity index (χ0v) is 9.81. The predicted molar refractivity (Wildman–Crippen MR) is 61.2 cm³/mol. The van der Waals surface area contributed by atoms with E-state index in [1.165, 1.54) is 0 Å². The normalized spacial score (nSPS) is 18.6. The number of aromatic nitrogens is 2. The van der Waals surface area contributed by atoms with Crippen molar-refractivity contribution in [3.8, 4) is 0 Å². The van der Waals surface area contributed by atoms with Crippen LogP contribution in [-0.4, -0.2) is 46.8 Å². The molecule has 1 fully saturated rings. The van der Waals surface area contributed by atoms with Crippen LogP contribution in [-0.2, 0) is 7.05 Å². The Morgan fingerprint density at radius 2 is 2.12 bits per heavy atom. The van der Waals surface area contributed by atoms with Gasteiger partial charge in [-0.15, -0.1) is 0 Å². The number of amides is 1. The van der Waals surface area contributed by atoms with Gasteiger partial charge in [0.25, 0.3) is 5.91 Å².